The van der Waals surface area contributed by atoms with Crippen molar-refractivity contribution in [1.29, 1.82) is 0 Å². The lowest BCUT2D eigenvalue weighted by atomic mass is 9.48. The second-order valence-electron chi connectivity index (χ2n) is 10.3. The largest absolute Gasteiger partial charge is 0.336 e. The second kappa shape index (κ2) is 7.33. The Labute approximate surface area is 173 Å². The van der Waals surface area contributed by atoms with Crippen LogP contribution in [0.4, 0.5) is 4.79 Å². The van der Waals surface area contributed by atoms with Gasteiger partial charge in [0.1, 0.15) is 0 Å². The van der Waals surface area contributed by atoms with E-state index in [0.29, 0.717) is 24.9 Å². The van der Waals surface area contributed by atoms with Crippen LogP contribution in [-0.2, 0) is 11.3 Å². The molecule has 1 saturated heterocycles. The lowest BCUT2D eigenvalue weighted by Crippen LogP contribution is -2.57. The highest BCUT2D eigenvalue weighted by Crippen LogP contribution is 2.61. The van der Waals surface area contributed by atoms with E-state index >= 15 is 0 Å². The molecule has 156 valence electrons. The van der Waals surface area contributed by atoms with Gasteiger partial charge in [-0.15, -0.1) is 0 Å². The first-order valence-corrected chi connectivity index (χ1v) is 11.4. The molecule has 1 aromatic carbocycles. The highest BCUT2D eigenvalue weighted by atomic mass is 16.2. The number of carbonyl (C=O) groups is 2. The third kappa shape index (κ3) is 3.76. The zero-order valence-electron chi connectivity index (χ0n) is 17.4. The third-order valence-corrected chi connectivity index (χ3v) is 8.12. The lowest BCUT2D eigenvalue weighted by Gasteiger charge is -2.59. The summed E-state index contributed by atoms with van der Waals surface area (Å²) in [5, 5.41) is 6.34. The average molecular weight is 396 g/mol. The maximum atomic E-state index is 12.7. The fourth-order valence-corrected chi connectivity index (χ4v) is 7.11. The minimum atomic E-state index is -0.104. The number of urea groups is 1. The van der Waals surface area contributed by atoms with E-state index in [1.54, 1.807) is 0 Å². The molecule has 5 fully saturated rings. The van der Waals surface area contributed by atoms with Crippen LogP contribution in [0.25, 0.3) is 0 Å². The molecule has 5 nitrogen and oxygen atoms in total. The Morgan fingerprint density at radius 2 is 1.72 bits per heavy atom. The van der Waals surface area contributed by atoms with Crippen LogP contribution in [0.1, 0.15) is 57.4 Å². The van der Waals surface area contributed by atoms with Crippen LogP contribution in [0.5, 0.6) is 0 Å². The normalized spacial score (nSPS) is 36.3. The van der Waals surface area contributed by atoms with Crippen LogP contribution in [-0.4, -0.2) is 35.5 Å². The van der Waals surface area contributed by atoms with Crippen molar-refractivity contribution < 1.29 is 9.59 Å². The van der Waals surface area contributed by atoms with Gasteiger partial charge in [-0.2, -0.15) is 0 Å². The van der Waals surface area contributed by atoms with Gasteiger partial charge in [-0.3, -0.25) is 4.79 Å². The van der Waals surface area contributed by atoms with Gasteiger partial charge in [0.2, 0.25) is 5.91 Å². The summed E-state index contributed by atoms with van der Waals surface area (Å²) in [4.78, 5) is 26.9. The van der Waals surface area contributed by atoms with Gasteiger partial charge in [0.15, 0.2) is 0 Å². The number of nitrogens with one attached hydrogen (secondary N) is 2. The summed E-state index contributed by atoms with van der Waals surface area (Å²) in [7, 11) is 0. The Morgan fingerprint density at radius 3 is 2.34 bits per heavy atom. The summed E-state index contributed by atoms with van der Waals surface area (Å²) in [6, 6.07) is 10.0. The molecule has 4 saturated carbocycles. The quantitative estimate of drug-likeness (QED) is 0.799. The molecule has 2 N–H and O–H groups in total. The maximum Gasteiger partial charge on any atom is 0.315 e. The molecule has 0 spiro atoms. The van der Waals surface area contributed by atoms with Crippen LogP contribution in [0.2, 0.25) is 0 Å². The lowest BCUT2D eigenvalue weighted by molar-refractivity contribution is -0.128. The number of rotatable bonds is 5. The number of hydrogen-bond acceptors (Lipinski definition) is 2. The van der Waals surface area contributed by atoms with Gasteiger partial charge in [-0.05, 0) is 74.2 Å². The third-order valence-electron chi connectivity index (χ3n) is 8.12. The minimum Gasteiger partial charge on any atom is -0.336 e. The molecule has 0 aromatic heterocycles. The van der Waals surface area contributed by atoms with Crippen LogP contribution < -0.4 is 10.6 Å². The van der Waals surface area contributed by atoms with Gasteiger partial charge in [-0.1, -0.05) is 30.3 Å². The molecule has 1 aliphatic heterocycles. The molecule has 29 heavy (non-hydrogen) atoms. The molecule has 1 aromatic rings. The van der Waals surface area contributed by atoms with Crippen molar-refractivity contribution in [3.8, 4) is 0 Å². The molecule has 1 heterocycles. The van der Waals surface area contributed by atoms with E-state index in [0.717, 1.165) is 23.3 Å². The number of amides is 3. The van der Waals surface area contributed by atoms with Crippen molar-refractivity contribution in [1.82, 2.24) is 15.5 Å². The SMILES string of the molecule is CC(NC(=O)NC1CC(=O)N(Cc2ccccc2)C1)C12CC3CC(CC(C3)C1)C2. The highest BCUT2D eigenvalue weighted by molar-refractivity contribution is 5.81. The number of likely N-dealkylation sites (tertiary alicyclic amines) is 1. The van der Waals surface area contributed by atoms with E-state index in [-0.39, 0.29) is 24.0 Å². The van der Waals surface area contributed by atoms with E-state index in [4.69, 9.17) is 0 Å². The molecule has 5 aliphatic rings. The van der Waals surface area contributed by atoms with Gasteiger partial charge in [0.05, 0.1) is 6.04 Å². The predicted molar refractivity (Wildman–Crippen MR) is 112 cm³/mol. The van der Waals surface area contributed by atoms with Gasteiger partial charge >= 0.3 is 6.03 Å². The number of hydrogen-bond donors (Lipinski definition) is 2. The van der Waals surface area contributed by atoms with E-state index in [2.05, 4.69) is 17.6 Å². The van der Waals surface area contributed by atoms with Gasteiger partial charge in [-0.25, -0.2) is 4.79 Å². The zero-order chi connectivity index (χ0) is 20.0. The fraction of sp³-hybridized carbons (Fsp3) is 0.667. The summed E-state index contributed by atoms with van der Waals surface area (Å²) in [5.41, 5.74) is 1.43. The molecule has 3 amide bonds. The summed E-state index contributed by atoms with van der Waals surface area (Å²) in [6.45, 7) is 3.41. The summed E-state index contributed by atoms with van der Waals surface area (Å²) >= 11 is 0. The van der Waals surface area contributed by atoms with Crippen LogP contribution in [0.15, 0.2) is 30.3 Å². The Morgan fingerprint density at radius 1 is 1.10 bits per heavy atom. The molecular weight excluding hydrogens is 362 g/mol. The first-order valence-electron chi connectivity index (χ1n) is 11.4. The highest BCUT2D eigenvalue weighted by Gasteiger charge is 2.53. The van der Waals surface area contributed by atoms with Crippen molar-refractivity contribution in [3.63, 3.8) is 0 Å². The van der Waals surface area contributed by atoms with Gasteiger partial charge in [0.25, 0.3) is 0 Å². The van der Waals surface area contributed by atoms with Gasteiger partial charge < -0.3 is 15.5 Å². The maximum absolute atomic E-state index is 12.7. The molecule has 2 atom stereocenters. The molecule has 4 bridgehead atoms. The van der Waals surface area contributed by atoms with E-state index in [1.807, 2.05) is 35.2 Å². The smallest absolute Gasteiger partial charge is 0.315 e. The van der Waals surface area contributed by atoms with Gasteiger partial charge in [0, 0.05) is 25.6 Å². The summed E-state index contributed by atoms with van der Waals surface area (Å²) in [6.07, 6.45) is 8.50. The van der Waals surface area contributed by atoms with E-state index in [1.165, 1.54) is 38.5 Å². The fourth-order valence-electron chi connectivity index (χ4n) is 7.11. The number of nitrogens with zero attached hydrogens (tertiary/aromatic N) is 1. The molecule has 0 radical (unpaired) electrons. The van der Waals surface area contributed by atoms with Crippen LogP contribution >= 0.6 is 0 Å². The van der Waals surface area contributed by atoms with Crippen LogP contribution in [0.3, 0.4) is 0 Å². The second-order valence-corrected chi connectivity index (χ2v) is 10.3. The predicted octanol–water partition coefficient (Wildman–Crippen LogP) is 3.69. The Kier molecular flexibility index (Phi) is 4.79. The first-order chi connectivity index (χ1) is 14.0. The molecular formula is C24H33N3O2. The first kappa shape index (κ1) is 19.0. The monoisotopic (exact) mass is 395 g/mol. The van der Waals surface area contributed by atoms with E-state index < -0.39 is 0 Å². The van der Waals surface area contributed by atoms with E-state index in [9.17, 15) is 9.59 Å². The minimum absolute atomic E-state index is 0.102. The van der Waals surface area contributed by atoms with Crippen molar-refractivity contribution in [3.05, 3.63) is 35.9 Å². The number of carbonyl (C=O) groups excluding carboxylic acids is 2. The summed E-state index contributed by atoms with van der Waals surface area (Å²) in [5.74, 6) is 2.76. The number of benzene rings is 1. The Balaban J connectivity index is 1.15. The van der Waals surface area contributed by atoms with Crippen molar-refractivity contribution in [2.45, 2.75) is 70.5 Å². The van der Waals surface area contributed by atoms with Crippen molar-refractivity contribution in [2.24, 2.45) is 23.2 Å². The molecule has 4 aliphatic carbocycles. The standard InChI is InChI=1S/C24H33N3O2/c1-16(24-11-18-7-19(12-24)9-20(8-18)13-24)25-23(29)26-21-10-22(28)27(15-21)14-17-5-3-2-4-6-17/h2-6,16,18-21H,7-15H2,1H3,(H2,25,26,29). The van der Waals surface area contributed by atoms with Crippen LogP contribution in [0, 0.1) is 23.2 Å². The Hall–Kier alpha value is -2.04. The zero-order valence-corrected chi connectivity index (χ0v) is 17.4. The van der Waals surface area contributed by atoms with Crippen molar-refractivity contribution in [2.75, 3.05) is 6.54 Å². The molecule has 5 heteroatoms. The topological polar surface area (TPSA) is 61.4 Å². The van der Waals surface area contributed by atoms with Crippen molar-refractivity contribution >= 4 is 11.9 Å². The Bertz CT molecular complexity index is 742. The average Bonchev–Trinajstić information content (AvgIpc) is 3.00. The molecule has 6 rings (SSSR count). The summed E-state index contributed by atoms with van der Waals surface area (Å²) < 4.78 is 0. The molecule has 2 unspecified atom stereocenters.